The third-order valence-electron chi connectivity index (χ3n) is 3.89. The number of aromatic nitrogens is 4. The number of benzene rings is 1. The number of para-hydroxylation sites is 1. The standard InChI is InChI=1S/C16H21N5O3/c1-11-8-21(9-12(2)24-11)16(22)13-6-4-5-7-14(13)23-10-15-17-18-19-20(15)3/h4-7,11-12H,8-10H2,1-3H3/t11-,12-/m0/s1. The maximum Gasteiger partial charge on any atom is 0.257 e. The van der Waals surface area contributed by atoms with Gasteiger partial charge in [-0.25, -0.2) is 4.68 Å². The highest BCUT2D eigenvalue weighted by molar-refractivity contribution is 5.97. The molecule has 2 aromatic rings. The minimum absolute atomic E-state index is 0.0236. The number of carbonyl (C=O) groups is 1. The molecule has 0 spiro atoms. The topological polar surface area (TPSA) is 82.4 Å². The SMILES string of the molecule is C[C@H]1CN(C(=O)c2ccccc2OCc2nnnn2C)C[C@H](C)O1. The van der Waals surface area contributed by atoms with Crippen LogP contribution in [0.15, 0.2) is 24.3 Å². The van der Waals surface area contributed by atoms with E-state index in [0.29, 0.717) is 30.2 Å². The Labute approximate surface area is 140 Å². The van der Waals surface area contributed by atoms with Gasteiger partial charge in [-0.3, -0.25) is 4.79 Å². The number of amides is 1. The molecule has 0 N–H and O–H groups in total. The molecule has 24 heavy (non-hydrogen) atoms. The minimum atomic E-state index is -0.0521. The number of rotatable bonds is 4. The zero-order chi connectivity index (χ0) is 17.1. The van der Waals surface area contributed by atoms with Crippen molar-refractivity contribution in [2.45, 2.75) is 32.7 Å². The Morgan fingerprint density at radius 3 is 2.67 bits per heavy atom. The molecule has 1 aliphatic heterocycles. The zero-order valence-electron chi connectivity index (χ0n) is 14.0. The molecule has 8 heteroatoms. The zero-order valence-corrected chi connectivity index (χ0v) is 14.0. The summed E-state index contributed by atoms with van der Waals surface area (Å²) in [7, 11) is 1.74. The van der Waals surface area contributed by atoms with Gasteiger partial charge in [0.2, 0.25) is 0 Å². The number of hydrogen-bond acceptors (Lipinski definition) is 6. The van der Waals surface area contributed by atoms with E-state index in [1.165, 1.54) is 4.68 Å². The first-order valence-electron chi connectivity index (χ1n) is 7.92. The smallest absolute Gasteiger partial charge is 0.257 e. The second kappa shape index (κ2) is 6.96. The van der Waals surface area contributed by atoms with Crippen molar-refractivity contribution in [2.24, 2.45) is 7.05 Å². The summed E-state index contributed by atoms with van der Waals surface area (Å²) in [6.45, 7) is 5.29. The molecular weight excluding hydrogens is 310 g/mol. The second-order valence-corrected chi connectivity index (χ2v) is 5.97. The van der Waals surface area contributed by atoms with E-state index in [0.717, 1.165) is 0 Å². The Morgan fingerprint density at radius 2 is 2.00 bits per heavy atom. The summed E-state index contributed by atoms with van der Waals surface area (Å²) in [5, 5.41) is 11.2. The van der Waals surface area contributed by atoms with Crippen LogP contribution in [-0.2, 0) is 18.4 Å². The van der Waals surface area contributed by atoms with Gasteiger partial charge in [-0.2, -0.15) is 0 Å². The Hall–Kier alpha value is -2.48. The van der Waals surface area contributed by atoms with Crippen molar-refractivity contribution in [3.05, 3.63) is 35.7 Å². The van der Waals surface area contributed by atoms with Gasteiger partial charge >= 0.3 is 0 Å². The molecule has 0 saturated carbocycles. The van der Waals surface area contributed by atoms with E-state index in [1.54, 1.807) is 19.2 Å². The number of carbonyl (C=O) groups excluding carboxylic acids is 1. The summed E-state index contributed by atoms with van der Waals surface area (Å²) in [5.74, 6) is 1.06. The lowest BCUT2D eigenvalue weighted by molar-refractivity contribution is -0.0586. The van der Waals surface area contributed by atoms with E-state index in [2.05, 4.69) is 15.5 Å². The molecule has 1 aromatic carbocycles. The number of aryl methyl sites for hydroxylation is 1. The average molecular weight is 331 g/mol. The summed E-state index contributed by atoms with van der Waals surface area (Å²) in [6, 6.07) is 7.23. The molecular formula is C16H21N5O3. The normalized spacial score (nSPS) is 20.9. The van der Waals surface area contributed by atoms with Crippen LogP contribution >= 0.6 is 0 Å². The van der Waals surface area contributed by atoms with Crippen LogP contribution in [0.2, 0.25) is 0 Å². The average Bonchev–Trinajstić information content (AvgIpc) is 2.97. The van der Waals surface area contributed by atoms with E-state index in [1.807, 2.05) is 30.9 Å². The van der Waals surface area contributed by atoms with Crippen molar-refractivity contribution >= 4 is 5.91 Å². The van der Waals surface area contributed by atoms with Crippen LogP contribution in [0.1, 0.15) is 30.0 Å². The molecule has 1 saturated heterocycles. The molecule has 1 aliphatic rings. The van der Waals surface area contributed by atoms with Gasteiger partial charge in [-0.05, 0) is 36.4 Å². The molecule has 0 bridgehead atoms. The van der Waals surface area contributed by atoms with E-state index >= 15 is 0 Å². The van der Waals surface area contributed by atoms with Crippen LogP contribution in [0.5, 0.6) is 5.75 Å². The lowest BCUT2D eigenvalue weighted by Crippen LogP contribution is -2.48. The van der Waals surface area contributed by atoms with E-state index in [9.17, 15) is 4.79 Å². The number of morpholine rings is 1. The molecule has 0 unspecified atom stereocenters. The predicted molar refractivity (Wildman–Crippen MR) is 85.5 cm³/mol. The summed E-state index contributed by atoms with van der Waals surface area (Å²) in [4.78, 5) is 14.7. The van der Waals surface area contributed by atoms with Gasteiger partial charge in [0.05, 0.1) is 17.8 Å². The van der Waals surface area contributed by atoms with E-state index in [-0.39, 0.29) is 24.7 Å². The Morgan fingerprint density at radius 1 is 1.29 bits per heavy atom. The highest BCUT2D eigenvalue weighted by Crippen LogP contribution is 2.23. The van der Waals surface area contributed by atoms with Gasteiger partial charge < -0.3 is 14.4 Å². The Balaban J connectivity index is 1.76. The summed E-state index contributed by atoms with van der Waals surface area (Å²) >= 11 is 0. The van der Waals surface area contributed by atoms with Crippen molar-refractivity contribution in [3.63, 3.8) is 0 Å². The number of nitrogens with zero attached hydrogens (tertiary/aromatic N) is 5. The summed E-state index contributed by atoms with van der Waals surface area (Å²) < 4.78 is 13.0. The first-order chi connectivity index (χ1) is 11.5. The monoisotopic (exact) mass is 331 g/mol. The van der Waals surface area contributed by atoms with Gasteiger partial charge in [0.25, 0.3) is 5.91 Å². The second-order valence-electron chi connectivity index (χ2n) is 5.97. The first-order valence-corrected chi connectivity index (χ1v) is 7.92. The summed E-state index contributed by atoms with van der Waals surface area (Å²) in [6.07, 6.45) is 0.0472. The van der Waals surface area contributed by atoms with Crippen LogP contribution in [0.25, 0.3) is 0 Å². The van der Waals surface area contributed by atoms with Crippen molar-refractivity contribution in [1.82, 2.24) is 25.1 Å². The molecule has 1 fully saturated rings. The van der Waals surface area contributed by atoms with Gasteiger partial charge in [0, 0.05) is 20.1 Å². The van der Waals surface area contributed by atoms with Gasteiger partial charge in [-0.1, -0.05) is 12.1 Å². The highest BCUT2D eigenvalue weighted by atomic mass is 16.5. The lowest BCUT2D eigenvalue weighted by Gasteiger charge is -2.35. The number of ether oxygens (including phenoxy) is 2. The van der Waals surface area contributed by atoms with Crippen LogP contribution in [0, 0.1) is 0 Å². The van der Waals surface area contributed by atoms with Crippen molar-refractivity contribution in [2.75, 3.05) is 13.1 Å². The number of tetrazole rings is 1. The fourth-order valence-electron chi connectivity index (χ4n) is 2.80. The van der Waals surface area contributed by atoms with Crippen LogP contribution in [0.4, 0.5) is 0 Å². The van der Waals surface area contributed by atoms with E-state index in [4.69, 9.17) is 9.47 Å². The molecule has 2 atom stereocenters. The summed E-state index contributed by atoms with van der Waals surface area (Å²) in [5.41, 5.74) is 0.536. The van der Waals surface area contributed by atoms with Crippen molar-refractivity contribution in [3.8, 4) is 5.75 Å². The van der Waals surface area contributed by atoms with Crippen molar-refractivity contribution in [1.29, 1.82) is 0 Å². The lowest BCUT2D eigenvalue weighted by atomic mass is 10.1. The Bertz CT molecular complexity index is 707. The Kier molecular flexibility index (Phi) is 4.75. The van der Waals surface area contributed by atoms with Gasteiger partial charge in [-0.15, -0.1) is 5.10 Å². The minimum Gasteiger partial charge on any atom is -0.485 e. The third-order valence-corrected chi connectivity index (χ3v) is 3.89. The van der Waals surface area contributed by atoms with E-state index < -0.39 is 0 Å². The fourth-order valence-corrected chi connectivity index (χ4v) is 2.80. The molecule has 0 aliphatic carbocycles. The molecule has 3 rings (SSSR count). The maximum atomic E-state index is 12.9. The fraction of sp³-hybridized carbons (Fsp3) is 0.500. The third kappa shape index (κ3) is 3.53. The van der Waals surface area contributed by atoms with Crippen LogP contribution in [-0.4, -0.2) is 56.3 Å². The largest absolute Gasteiger partial charge is 0.485 e. The molecule has 1 aromatic heterocycles. The maximum absolute atomic E-state index is 12.9. The first kappa shape index (κ1) is 16.4. The quantitative estimate of drug-likeness (QED) is 0.832. The predicted octanol–water partition coefficient (Wildman–Crippen LogP) is 1.04. The molecule has 8 nitrogen and oxygen atoms in total. The van der Waals surface area contributed by atoms with Crippen LogP contribution in [0.3, 0.4) is 0 Å². The van der Waals surface area contributed by atoms with Gasteiger partial charge in [0.1, 0.15) is 12.4 Å². The van der Waals surface area contributed by atoms with Crippen LogP contribution < -0.4 is 4.74 Å². The molecule has 1 amide bonds. The van der Waals surface area contributed by atoms with Gasteiger partial charge in [0.15, 0.2) is 5.82 Å². The van der Waals surface area contributed by atoms with Crippen molar-refractivity contribution < 1.29 is 14.3 Å². The molecule has 128 valence electrons. The molecule has 2 heterocycles. The highest BCUT2D eigenvalue weighted by Gasteiger charge is 2.28. The molecule has 0 radical (unpaired) electrons. The number of hydrogen-bond donors (Lipinski definition) is 0.